The standard InChI is InChI=1S/C21H26ClFN2/c1-25-8-7-18-19-12-16(22)10-15(21(19)24-20(18)13-25)11-17(23)9-14-5-3-2-4-6-14/h9-10,12,17,24H,2-8,11,13H2,1H3. The number of alkyl halides is 1. The highest BCUT2D eigenvalue weighted by Crippen LogP contribution is 2.33. The Bertz CT molecular complexity index is 800. The molecule has 2 heterocycles. The number of allylic oxidation sites excluding steroid dienone is 2. The number of likely N-dealkylation sites (N-methyl/N-ethyl adjacent to an activating group) is 1. The maximum absolute atomic E-state index is 14.7. The molecule has 1 aromatic heterocycles. The molecule has 0 amide bonds. The zero-order valence-electron chi connectivity index (χ0n) is 14.9. The van der Waals surface area contributed by atoms with Crippen LogP contribution in [0.25, 0.3) is 10.9 Å². The molecule has 0 spiro atoms. The number of hydrogen-bond donors (Lipinski definition) is 1. The van der Waals surface area contributed by atoms with Crippen LogP contribution in [0.3, 0.4) is 0 Å². The predicted molar refractivity (Wildman–Crippen MR) is 103 cm³/mol. The Labute approximate surface area is 154 Å². The molecule has 1 aliphatic heterocycles. The number of nitrogens with zero attached hydrogens (tertiary/aromatic N) is 1. The third-order valence-corrected chi connectivity index (χ3v) is 5.87. The highest BCUT2D eigenvalue weighted by atomic mass is 35.5. The van der Waals surface area contributed by atoms with Crippen LogP contribution in [-0.2, 0) is 19.4 Å². The minimum atomic E-state index is -0.933. The number of aromatic nitrogens is 1. The van der Waals surface area contributed by atoms with E-state index in [1.165, 1.54) is 41.5 Å². The van der Waals surface area contributed by atoms with E-state index in [0.29, 0.717) is 11.4 Å². The maximum atomic E-state index is 14.7. The van der Waals surface area contributed by atoms with Crippen molar-refractivity contribution in [2.45, 2.75) is 57.7 Å². The van der Waals surface area contributed by atoms with Crippen molar-refractivity contribution in [3.8, 4) is 0 Å². The SMILES string of the molecule is CN1CCc2c([nH]c3c(CC(F)C=C4CCCCC4)cc(Cl)cc23)C1. The monoisotopic (exact) mass is 360 g/mol. The lowest BCUT2D eigenvalue weighted by molar-refractivity contribution is 0.310. The van der Waals surface area contributed by atoms with E-state index in [2.05, 4.69) is 16.9 Å². The number of halogens is 2. The number of H-pyrrole nitrogens is 1. The minimum Gasteiger partial charge on any atom is -0.357 e. The lowest BCUT2D eigenvalue weighted by Gasteiger charge is -2.22. The van der Waals surface area contributed by atoms with Crippen LogP contribution >= 0.6 is 11.6 Å². The fourth-order valence-corrected chi connectivity index (χ4v) is 4.61. The Morgan fingerprint density at radius 1 is 1.24 bits per heavy atom. The molecule has 0 radical (unpaired) electrons. The summed E-state index contributed by atoms with van der Waals surface area (Å²) in [6.45, 7) is 1.98. The zero-order chi connectivity index (χ0) is 17.4. The fourth-order valence-electron chi connectivity index (χ4n) is 4.37. The second kappa shape index (κ2) is 7.13. The largest absolute Gasteiger partial charge is 0.357 e. The number of rotatable bonds is 3. The first-order chi connectivity index (χ1) is 12.1. The van der Waals surface area contributed by atoms with E-state index in [1.54, 1.807) is 0 Å². The van der Waals surface area contributed by atoms with Crippen molar-refractivity contribution in [3.63, 3.8) is 0 Å². The van der Waals surface area contributed by atoms with Gasteiger partial charge in [0, 0.05) is 41.1 Å². The summed E-state index contributed by atoms with van der Waals surface area (Å²) in [6, 6.07) is 3.97. The van der Waals surface area contributed by atoms with Crippen LogP contribution in [0.4, 0.5) is 4.39 Å². The molecule has 2 nitrogen and oxygen atoms in total. The molecule has 2 aliphatic rings. The first-order valence-electron chi connectivity index (χ1n) is 9.44. The number of fused-ring (bicyclic) bond motifs is 3. The minimum absolute atomic E-state index is 0.399. The number of benzene rings is 1. The summed E-state index contributed by atoms with van der Waals surface area (Å²) < 4.78 is 14.7. The van der Waals surface area contributed by atoms with E-state index in [-0.39, 0.29) is 0 Å². The molecule has 1 atom stereocenters. The summed E-state index contributed by atoms with van der Waals surface area (Å²) in [7, 11) is 2.14. The fraction of sp³-hybridized carbons (Fsp3) is 0.524. The maximum Gasteiger partial charge on any atom is 0.123 e. The summed E-state index contributed by atoms with van der Waals surface area (Å²) in [4.78, 5) is 5.87. The van der Waals surface area contributed by atoms with Crippen LogP contribution in [-0.4, -0.2) is 29.6 Å². The molecule has 1 aliphatic carbocycles. The van der Waals surface area contributed by atoms with Crippen LogP contribution in [0.15, 0.2) is 23.8 Å². The third kappa shape index (κ3) is 3.63. The molecule has 25 heavy (non-hydrogen) atoms. The zero-order valence-corrected chi connectivity index (χ0v) is 15.6. The van der Waals surface area contributed by atoms with E-state index in [4.69, 9.17) is 11.6 Å². The summed E-state index contributed by atoms with van der Waals surface area (Å²) >= 11 is 6.37. The van der Waals surface area contributed by atoms with Gasteiger partial charge in [0.2, 0.25) is 0 Å². The van der Waals surface area contributed by atoms with Crippen LogP contribution < -0.4 is 0 Å². The van der Waals surface area contributed by atoms with Gasteiger partial charge in [0.15, 0.2) is 0 Å². The van der Waals surface area contributed by atoms with Crippen molar-refractivity contribution in [3.05, 3.63) is 45.6 Å². The van der Waals surface area contributed by atoms with Gasteiger partial charge in [-0.25, -0.2) is 4.39 Å². The second-order valence-electron chi connectivity index (χ2n) is 7.66. The molecule has 4 rings (SSSR count). The summed E-state index contributed by atoms with van der Waals surface area (Å²) in [6.07, 6.45) is 8.17. The Morgan fingerprint density at radius 2 is 2.04 bits per heavy atom. The van der Waals surface area contributed by atoms with Crippen molar-refractivity contribution in [1.29, 1.82) is 0 Å². The van der Waals surface area contributed by atoms with Crippen molar-refractivity contribution in [1.82, 2.24) is 9.88 Å². The van der Waals surface area contributed by atoms with Crippen molar-refractivity contribution in [2.24, 2.45) is 0 Å². The Hall–Kier alpha value is -1.32. The molecule has 1 aromatic carbocycles. The molecular formula is C21H26ClFN2. The van der Waals surface area contributed by atoms with Crippen molar-refractivity contribution in [2.75, 3.05) is 13.6 Å². The van der Waals surface area contributed by atoms with E-state index in [1.807, 2.05) is 18.2 Å². The Kier molecular flexibility index (Phi) is 4.88. The number of hydrogen-bond acceptors (Lipinski definition) is 1. The van der Waals surface area contributed by atoms with Gasteiger partial charge in [-0.1, -0.05) is 29.7 Å². The molecule has 0 bridgehead atoms. The molecule has 2 aromatic rings. The lowest BCUT2D eigenvalue weighted by atomic mass is 9.93. The van der Waals surface area contributed by atoms with Crippen molar-refractivity contribution >= 4 is 22.5 Å². The highest BCUT2D eigenvalue weighted by Gasteiger charge is 2.21. The molecule has 1 N–H and O–H groups in total. The van der Waals surface area contributed by atoms with Gasteiger partial charge in [0.05, 0.1) is 0 Å². The second-order valence-corrected chi connectivity index (χ2v) is 8.10. The topological polar surface area (TPSA) is 19.0 Å². The van der Waals surface area contributed by atoms with Crippen LogP contribution in [0.5, 0.6) is 0 Å². The molecule has 134 valence electrons. The van der Waals surface area contributed by atoms with Gasteiger partial charge in [-0.05, 0) is 62.4 Å². The first-order valence-corrected chi connectivity index (χ1v) is 9.82. The molecule has 0 saturated heterocycles. The first kappa shape index (κ1) is 17.1. The highest BCUT2D eigenvalue weighted by molar-refractivity contribution is 6.31. The van der Waals surface area contributed by atoms with Crippen LogP contribution in [0.1, 0.15) is 48.9 Å². The van der Waals surface area contributed by atoms with Gasteiger partial charge in [0.25, 0.3) is 0 Å². The van der Waals surface area contributed by atoms with E-state index in [0.717, 1.165) is 43.4 Å². The van der Waals surface area contributed by atoms with Gasteiger partial charge in [0.1, 0.15) is 6.17 Å². The summed E-state index contributed by atoms with van der Waals surface area (Å²) in [5.74, 6) is 0. The van der Waals surface area contributed by atoms with Crippen molar-refractivity contribution < 1.29 is 4.39 Å². The van der Waals surface area contributed by atoms with Gasteiger partial charge < -0.3 is 9.88 Å². The normalized spacial score (nSPS) is 19.9. The molecule has 4 heteroatoms. The molecule has 1 saturated carbocycles. The Balaban J connectivity index is 1.65. The van der Waals surface area contributed by atoms with E-state index < -0.39 is 6.17 Å². The van der Waals surface area contributed by atoms with E-state index in [9.17, 15) is 4.39 Å². The molecular weight excluding hydrogens is 335 g/mol. The van der Waals surface area contributed by atoms with Gasteiger partial charge in [-0.15, -0.1) is 0 Å². The number of aromatic amines is 1. The summed E-state index contributed by atoms with van der Waals surface area (Å²) in [5.41, 5.74) is 5.99. The molecule has 1 unspecified atom stereocenters. The molecule has 1 fully saturated rings. The average molecular weight is 361 g/mol. The van der Waals surface area contributed by atoms with Crippen LogP contribution in [0.2, 0.25) is 5.02 Å². The summed E-state index contributed by atoms with van der Waals surface area (Å²) in [5, 5.41) is 1.89. The van der Waals surface area contributed by atoms with Crippen LogP contribution in [0, 0.1) is 0 Å². The van der Waals surface area contributed by atoms with Gasteiger partial charge in [-0.3, -0.25) is 0 Å². The lowest BCUT2D eigenvalue weighted by Crippen LogP contribution is -2.26. The van der Waals surface area contributed by atoms with E-state index >= 15 is 0 Å². The smallest absolute Gasteiger partial charge is 0.123 e. The van der Waals surface area contributed by atoms with Gasteiger partial charge >= 0.3 is 0 Å². The third-order valence-electron chi connectivity index (χ3n) is 5.65. The quantitative estimate of drug-likeness (QED) is 0.708. The predicted octanol–water partition coefficient (Wildman–Crippen LogP) is 5.58. The number of nitrogens with one attached hydrogen (secondary N) is 1. The average Bonchev–Trinajstić information content (AvgIpc) is 2.93. The Morgan fingerprint density at radius 3 is 2.84 bits per heavy atom. The van der Waals surface area contributed by atoms with Gasteiger partial charge in [-0.2, -0.15) is 0 Å².